The van der Waals surface area contributed by atoms with Crippen LogP contribution in [0, 0.1) is 6.92 Å². The topological polar surface area (TPSA) is 17.1 Å². The predicted molar refractivity (Wildman–Crippen MR) is 74.3 cm³/mol. The molecule has 4 heteroatoms. The summed E-state index contributed by atoms with van der Waals surface area (Å²) in [6, 6.07) is 9.33. The van der Waals surface area contributed by atoms with Gasteiger partial charge in [0.2, 0.25) is 5.78 Å². The van der Waals surface area contributed by atoms with Gasteiger partial charge in [-0.2, -0.15) is 0 Å². The molecule has 1 heterocycles. The molecule has 0 aliphatic heterocycles. The molecule has 82 valence electrons. The number of benzene rings is 1. The maximum absolute atomic E-state index is 12.1. The second-order valence-corrected chi connectivity index (χ2v) is 6.69. The van der Waals surface area contributed by atoms with Gasteiger partial charge in [0.15, 0.2) is 0 Å². The summed E-state index contributed by atoms with van der Waals surface area (Å²) in [4.78, 5) is 12.9. The summed E-state index contributed by atoms with van der Waals surface area (Å²) >= 11 is 8.25. The van der Waals surface area contributed by atoms with Crippen molar-refractivity contribution in [2.75, 3.05) is 0 Å². The molecule has 0 unspecified atom stereocenters. The van der Waals surface area contributed by atoms with Gasteiger partial charge >= 0.3 is 0 Å². The molecule has 1 aromatic heterocycles. The molecule has 0 amide bonds. The maximum atomic E-state index is 12.1. The molecule has 0 aliphatic rings. The Morgan fingerprint density at radius 1 is 1.19 bits per heavy atom. The molecule has 0 saturated heterocycles. The molecule has 0 fully saturated rings. The van der Waals surface area contributed by atoms with Gasteiger partial charge in [-0.3, -0.25) is 4.79 Å². The second-order valence-electron chi connectivity index (χ2n) is 3.40. The van der Waals surface area contributed by atoms with Crippen LogP contribution >= 0.6 is 43.2 Å². The second kappa shape index (κ2) is 4.82. The van der Waals surface area contributed by atoms with Crippen LogP contribution in [0.5, 0.6) is 0 Å². The van der Waals surface area contributed by atoms with E-state index in [1.165, 1.54) is 11.3 Å². The smallest absolute Gasteiger partial charge is 0.202 e. The number of hydrogen-bond donors (Lipinski definition) is 0. The average molecular weight is 360 g/mol. The van der Waals surface area contributed by atoms with Gasteiger partial charge in [-0.15, -0.1) is 11.3 Å². The Hall–Kier alpha value is -0.450. The lowest BCUT2D eigenvalue weighted by Gasteiger charge is -1.97. The lowest BCUT2D eigenvalue weighted by molar-refractivity contribution is 0.104. The lowest BCUT2D eigenvalue weighted by atomic mass is 10.1. The minimum absolute atomic E-state index is 0.0753. The van der Waals surface area contributed by atoms with Crippen molar-refractivity contribution in [1.29, 1.82) is 0 Å². The van der Waals surface area contributed by atoms with E-state index in [-0.39, 0.29) is 5.78 Å². The zero-order valence-corrected chi connectivity index (χ0v) is 12.4. The van der Waals surface area contributed by atoms with Crippen molar-refractivity contribution >= 4 is 49.0 Å². The van der Waals surface area contributed by atoms with E-state index in [4.69, 9.17) is 0 Å². The highest BCUT2D eigenvalue weighted by Gasteiger charge is 2.13. The van der Waals surface area contributed by atoms with Crippen LogP contribution in [-0.4, -0.2) is 5.78 Å². The summed E-state index contributed by atoms with van der Waals surface area (Å²) in [7, 11) is 0. The first-order valence-electron chi connectivity index (χ1n) is 4.64. The molecule has 0 N–H and O–H groups in total. The van der Waals surface area contributed by atoms with E-state index < -0.39 is 0 Å². The first-order valence-corrected chi connectivity index (χ1v) is 7.04. The number of halogens is 2. The van der Waals surface area contributed by atoms with Crippen LogP contribution in [0.3, 0.4) is 0 Å². The Labute approximate surface area is 115 Å². The number of thiophene rings is 1. The van der Waals surface area contributed by atoms with Crippen molar-refractivity contribution in [3.05, 3.63) is 54.6 Å². The average Bonchev–Trinajstić information content (AvgIpc) is 2.59. The maximum Gasteiger partial charge on any atom is 0.202 e. The van der Waals surface area contributed by atoms with E-state index in [9.17, 15) is 4.79 Å². The molecule has 0 saturated carbocycles. The van der Waals surface area contributed by atoms with Gasteiger partial charge in [0, 0.05) is 10.0 Å². The van der Waals surface area contributed by atoms with E-state index in [0.717, 1.165) is 24.3 Å². The largest absolute Gasteiger partial charge is 0.288 e. The molecular formula is C12H8Br2OS. The highest BCUT2D eigenvalue weighted by molar-refractivity contribution is 9.11. The van der Waals surface area contributed by atoms with Crippen molar-refractivity contribution in [2.24, 2.45) is 0 Å². The van der Waals surface area contributed by atoms with Crippen LogP contribution in [0.25, 0.3) is 0 Å². The normalized spacial score (nSPS) is 10.4. The van der Waals surface area contributed by atoms with Gasteiger partial charge in [0.05, 0.1) is 8.66 Å². The van der Waals surface area contributed by atoms with E-state index in [1.54, 1.807) is 0 Å². The van der Waals surface area contributed by atoms with E-state index in [2.05, 4.69) is 31.9 Å². The SMILES string of the molecule is Cc1cc(C(=O)c2ccc(Br)cc2)sc1Br. The Morgan fingerprint density at radius 3 is 2.31 bits per heavy atom. The molecule has 0 aliphatic carbocycles. The number of aryl methyl sites for hydroxylation is 1. The van der Waals surface area contributed by atoms with Crippen molar-refractivity contribution in [3.8, 4) is 0 Å². The monoisotopic (exact) mass is 358 g/mol. The van der Waals surface area contributed by atoms with Gasteiger partial charge in [0.25, 0.3) is 0 Å². The first-order chi connectivity index (χ1) is 7.58. The van der Waals surface area contributed by atoms with Gasteiger partial charge in [-0.25, -0.2) is 0 Å². The summed E-state index contributed by atoms with van der Waals surface area (Å²) < 4.78 is 2.00. The fourth-order valence-electron chi connectivity index (χ4n) is 1.32. The van der Waals surface area contributed by atoms with Crippen LogP contribution in [0.4, 0.5) is 0 Å². The molecule has 0 atom stereocenters. The molecule has 0 bridgehead atoms. The molecule has 0 spiro atoms. The van der Waals surface area contributed by atoms with Crippen LogP contribution in [0.2, 0.25) is 0 Å². The Kier molecular flexibility index (Phi) is 3.62. The van der Waals surface area contributed by atoms with Crippen molar-refractivity contribution in [1.82, 2.24) is 0 Å². The molecule has 2 rings (SSSR count). The zero-order chi connectivity index (χ0) is 11.7. The minimum Gasteiger partial charge on any atom is -0.288 e. The predicted octanol–water partition coefficient (Wildman–Crippen LogP) is 4.81. The van der Waals surface area contributed by atoms with E-state index >= 15 is 0 Å². The third kappa shape index (κ3) is 2.44. The molecule has 2 aromatic rings. The fraction of sp³-hybridized carbons (Fsp3) is 0.0833. The number of ketones is 1. The van der Waals surface area contributed by atoms with E-state index in [0.29, 0.717) is 0 Å². The van der Waals surface area contributed by atoms with Crippen LogP contribution in [0.1, 0.15) is 20.8 Å². The molecule has 16 heavy (non-hydrogen) atoms. The van der Waals surface area contributed by atoms with Gasteiger partial charge in [-0.05, 0) is 58.7 Å². The summed E-state index contributed by atoms with van der Waals surface area (Å²) in [5.74, 6) is 0.0753. The Bertz CT molecular complexity index is 509. The van der Waals surface area contributed by atoms with Crippen molar-refractivity contribution < 1.29 is 4.79 Å². The molecule has 1 aromatic carbocycles. The molecule has 0 radical (unpaired) electrons. The minimum atomic E-state index is 0.0753. The first kappa shape index (κ1) is 12.0. The van der Waals surface area contributed by atoms with Gasteiger partial charge in [0.1, 0.15) is 0 Å². The third-order valence-corrected chi connectivity index (χ3v) is 4.85. The van der Waals surface area contributed by atoms with Gasteiger partial charge < -0.3 is 0 Å². The fourth-order valence-corrected chi connectivity index (χ4v) is 3.08. The Balaban J connectivity index is 2.35. The lowest BCUT2D eigenvalue weighted by Crippen LogP contribution is -1.97. The quantitative estimate of drug-likeness (QED) is 0.703. The summed E-state index contributed by atoms with van der Waals surface area (Å²) in [6.07, 6.45) is 0. The molecule has 1 nitrogen and oxygen atoms in total. The molecular weight excluding hydrogens is 352 g/mol. The van der Waals surface area contributed by atoms with Gasteiger partial charge in [-0.1, -0.05) is 15.9 Å². The summed E-state index contributed by atoms with van der Waals surface area (Å²) in [5, 5.41) is 0. The Morgan fingerprint density at radius 2 is 1.81 bits per heavy atom. The number of rotatable bonds is 2. The summed E-state index contributed by atoms with van der Waals surface area (Å²) in [5.41, 5.74) is 1.82. The standard InChI is InChI=1S/C12H8Br2OS/c1-7-6-10(16-12(7)14)11(15)8-2-4-9(13)5-3-8/h2-6H,1H3. The number of carbonyl (C=O) groups excluding carboxylic acids is 1. The van der Waals surface area contributed by atoms with E-state index in [1.807, 2.05) is 37.3 Å². The van der Waals surface area contributed by atoms with Crippen LogP contribution < -0.4 is 0 Å². The number of carbonyl (C=O) groups is 1. The van der Waals surface area contributed by atoms with Crippen molar-refractivity contribution in [2.45, 2.75) is 6.92 Å². The van der Waals surface area contributed by atoms with Crippen LogP contribution in [0.15, 0.2) is 38.6 Å². The highest BCUT2D eigenvalue weighted by atomic mass is 79.9. The van der Waals surface area contributed by atoms with Crippen LogP contribution in [-0.2, 0) is 0 Å². The number of hydrogen-bond acceptors (Lipinski definition) is 2. The third-order valence-electron chi connectivity index (χ3n) is 2.19. The highest BCUT2D eigenvalue weighted by Crippen LogP contribution is 2.29. The summed E-state index contributed by atoms with van der Waals surface area (Å²) in [6.45, 7) is 1.99. The zero-order valence-electron chi connectivity index (χ0n) is 8.46. The van der Waals surface area contributed by atoms with Crippen molar-refractivity contribution in [3.63, 3.8) is 0 Å².